The molecule has 0 bridgehead atoms. The van der Waals surface area contributed by atoms with E-state index in [1.54, 1.807) is 24.3 Å². The molecule has 6 nitrogen and oxygen atoms in total. The van der Waals surface area contributed by atoms with E-state index in [1.807, 2.05) is 18.2 Å². The van der Waals surface area contributed by atoms with Crippen LogP contribution in [-0.4, -0.2) is 23.9 Å². The van der Waals surface area contributed by atoms with E-state index in [0.717, 1.165) is 38.8 Å². The summed E-state index contributed by atoms with van der Waals surface area (Å²) in [4.78, 5) is 25.6. The average molecular weight is 339 g/mol. The highest BCUT2D eigenvalue weighted by atomic mass is 16.6. The highest BCUT2D eigenvalue weighted by Gasteiger charge is 2.22. The number of nitro benzene ring substituents is 1. The standard InChI is InChI=1S/C19H21N3O3/c23-19(20-16-8-4-3-5-9-16)15-10-11-17(18(14-15)22(24)25)21-12-6-1-2-7-13-21/h3-5,8-11,14H,1-2,6-7,12-13H2,(H,20,23). The van der Waals surface area contributed by atoms with Crippen LogP contribution >= 0.6 is 0 Å². The molecular formula is C19H21N3O3. The molecule has 0 saturated carbocycles. The second kappa shape index (κ2) is 7.79. The third kappa shape index (κ3) is 4.15. The van der Waals surface area contributed by atoms with Crippen molar-refractivity contribution < 1.29 is 9.72 Å². The minimum atomic E-state index is -0.403. The summed E-state index contributed by atoms with van der Waals surface area (Å²) in [5.74, 6) is -0.350. The summed E-state index contributed by atoms with van der Waals surface area (Å²) in [5.41, 5.74) is 1.53. The van der Waals surface area contributed by atoms with Crippen molar-refractivity contribution >= 4 is 23.0 Å². The van der Waals surface area contributed by atoms with Gasteiger partial charge in [0.15, 0.2) is 0 Å². The Morgan fingerprint density at radius 3 is 2.32 bits per heavy atom. The number of hydrogen-bond acceptors (Lipinski definition) is 4. The molecule has 25 heavy (non-hydrogen) atoms. The lowest BCUT2D eigenvalue weighted by Gasteiger charge is -2.22. The molecule has 1 aliphatic rings. The summed E-state index contributed by atoms with van der Waals surface area (Å²) in [6.45, 7) is 1.63. The van der Waals surface area contributed by atoms with Gasteiger partial charge in [-0.3, -0.25) is 14.9 Å². The third-order valence-corrected chi connectivity index (χ3v) is 4.41. The Kier molecular flexibility index (Phi) is 5.28. The topological polar surface area (TPSA) is 75.5 Å². The molecular weight excluding hydrogens is 318 g/mol. The number of amides is 1. The van der Waals surface area contributed by atoms with Crippen LogP contribution in [0.2, 0.25) is 0 Å². The molecule has 1 heterocycles. The molecule has 0 radical (unpaired) electrons. The summed E-state index contributed by atoms with van der Waals surface area (Å²) in [7, 11) is 0. The van der Waals surface area contributed by atoms with Gasteiger partial charge in [-0.2, -0.15) is 0 Å². The van der Waals surface area contributed by atoms with Crippen LogP contribution in [0.15, 0.2) is 48.5 Å². The molecule has 3 rings (SSSR count). The minimum Gasteiger partial charge on any atom is -0.366 e. The van der Waals surface area contributed by atoms with Gasteiger partial charge in [0.1, 0.15) is 5.69 Å². The number of para-hydroxylation sites is 1. The SMILES string of the molecule is O=C(Nc1ccccc1)c1ccc(N2CCCCCC2)c([N+](=O)[O-])c1. The summed E-state index contributed by atoms with van der Waals surface area (Å²) < 4.78 is 0. The Bertz CT molecular complexity index is 754. The zero-order chi connectivity index (χ0) is 17.6. The largest absolute Gasteiger partial charge is 0.366 e. The Labute approximate surface area is 146 Å². The number of hydrogen-bond donors (Lipinski definition) is 1. The number of carbonyl (C=O) groups is 1. The number of nitro groups is 1. The Morgan fingerprint density at radius 1 is 1.00 bits per heavy atom. The van der Waals surface area contributed by atoms with E-state index in [4.69, 9.17) is 0 Å². The highest BCUT2D eigenvalue weighted by molar-refractivity contribution is 6.05. The first-order valence-electron chi connectivity index (χ1n) is 8.55. The van der Waals surface area contributed by atoms with Crippen LogP contribution in [-0.2, 0) is 0 Å². The van der Waals surface area contributed by atoms with Crippen LogP contribution in [0.1, 0.15) is 36.0 Å². The van der Waals surface area contributed by atoms with Crippen LogP contribution in [0, 0.1) is 10.1 Å². The molecule has 1 saturated heterocycles. The van der Waals surface area contributed by atoms with E-state index in [-0.39, 0.29) is 17.2 Å². The van der Waals surface area contributed by atoms with Crippen molar-refractivity contribution in [3.05, 3.63) is 64.2 Å². The molecule has 0 atom stereocenters. The zero-order valence-corrected chi connectivity index (χ0v) is 14.0. The van der Waals surface area contributed by atoms with Gasteiger partial charge in [-0.05, 0) is 37.1 Å². The predicted molar refractivity (Wildman–Crippen MR) is 98.2 cm³/mol. The van der Waals surface area contributed by atoms with E-state index < -0.39 is 4.92 Å². The fourth-order valence-corrected chi connectivity index (χ4v) is 3.11. The Balaban J connectivity index is 1.85. The van der Waals surface area contributed by atoms with Crippen LogP contribution < -0.4 is 10.2 Å². The van der Waals surface area contributed by atoms with Gasteiger partial charge in [-0.15, -0.1) is 0 Å². The van der Waals surface area contributed by atoms with Gasteiger partial charge in [0.25, 0.3) is 11.6 Å². The van der Waals surface area contributed by atoms with Crippen molar-refractivity contribution in [1.82, 2.24) is 0 Å². The number of nitrogens with one attached hydrogen (secondary N) is 1. The first-order chi connectivity index (χ1) is 12.1. The molecule has 0 aliphatic carbocycles. The molecule has 1 amide bonds. The predicted octanol–water partition coefficient (Wildman–Crippen LogP) is 4.23. The highest BCUT2D eigenvalue weighted by Crippen LogP contribution is 2.31. The molecule has 0 unspecified atom stereocenters. The molecule has 1 aliphatic heterocycles. The van der Waals surface area contributed by atoms with Crippen molar-refractivity contribution in [2.75, 3.05) is 23.3 Å². The summed E-state index contributed by atoms with van der Waals surface area (Å²) in [6.07, 6.45) is 4.38. The first kappa shape index (κ1) is 17.0. The van der Waals surface area contributed by atoms with Crippen molar-refractivity contribution in [3.63, 3.8) is 0 Å². The fourth-order valence-electron chi connectivity index (χ4n) is 3.11. The quantitative estimate of drug-likeness (QED) is 0.668. The van der Waals surface area contributed by atoms with Gasteiger partial charge < -0.3 is 10.2 Å². The Morgan fingerprint density at radius 2 is 1.68 bits per heavy atom. The maximum atomic E-state index is 12.4. The molecule has 2 aromatic carbocycles. The fraction of sp³-hybridized carbons (Fsp3) is 0.316. The molecule has 1 fully saturated rings. The lowest BCUT2D eigenvalue weighted by atomic mass is 10.1. The summed E-state index contributed by atoms with van der Waals surface area (Å²) in [6, 6.07) is 13.8. The van der Waals surface area contributed by atoms with Crippen molar-refractivity contribution in [1.29, 1.82) is 0 Å². The van der Waals surface area contributed by atoms with Crippen LogP contribution in [0.25, 0.3) is 0 Å². The van der Waals surface area contributed by atoms with Gasteiger partial charge in [-0.25, -0.2) is 0 Å². The van der Waals surface area contributed by atoms with Crippen molar-refractivity contribution in [2.24, 2.45) is 0 Å². The van der Waals surface area contributed by atoms with Gasteiger partial charge in [-0.1, -0.05) is 31.0 Å². The van der Waals surface area contributed by atoms with E-state index in [0.29, 0.717) is 11.4 Å². The second-order valence-electron chi connectivity index (χ2n) is 6.18. The van der Waals surface area contributed by atoms with Gasteiger partial charge >= 0.3 is 0 Å². The van der Waals surface area contributed by atoms with Crippen molar-refractivity contribution in [3.8, 4) is 0 Å². The number of benzene rings is 2. The number of nitrogens with zero attached hydrogens (tertiary/aromatic N) is 2. The number of rotatable bonds is 4. The smallest absolute Gasteiger partial charge is 0.293 e. The summed E-state index contributed by atoms with van der Waals surface area (Å²) >= 11 is 0. The number of carbonyl (C=O) groups excluding carboxylic acids is 1. The monoisotopic (exact) mass is 339 g/mol. The van der Waals surface area contributed by atoms with E-state index in [2.05, 4.69) is 10.2 Å². The van der Waals surface area contributed by atoms with Crippen molar-refractivity contribution in [2.45, 2.75) is 25.7 Å². The lowest BCUT2D eigenvalue weighted by Crippen LogP contribution is -2.25. The van der Waals surface area contributed by atoms with E-state index in [9.17, 15) is 14.9 Å². The first-order valence-corrected chi connectivity index (χ1v) is 8.55. The zero-order valence-electron chi connectivity index (χ0n) is 14.0. The van der Waals surface area contributed by atoms with Gasteiger partial charge in [0.2, 0.25) is 0 Å². The maximum absolute atomic E-state index is 12.4. The van der Waals surface area contributed by atoms with E-state index in [1.165, 1.54) is 6.07 Å². The van der Waals surface area contributed by atoms with Crippen LogP contribution in [0.4, 0.5) is 17.1 Å². The molecule has 0 spiro atoms. The molecule has 130 valence electrons. The summed E-state index contributed by atoms with van der Waals surface area (Å²) in [5, 5.41) is 14.3. The second-order valence-corrected chi connectivity index (χ2v) is 6.18. The third-order valence-electron chi connectivity index (χ3n) is 4.41. The van der Waals surface area contributed by atoms with Crippen LogP contribution in [0.3, 0.4) is 0 Å². The van der Waals surface area contributed by atoms with Gasteiger partial charge in [0.05, 0.1) is 4.92 Å². The molecule has 2 aromatic rings. The molecule has 0 aromatic heterocycles. The van der Waals surface area contributed by atoms with Crippen LogP contribution in [0.5, 0.6) is 0 Å². The molecule has 1 N–H and O–H groups in total. The molecule has 6 heteroatoms. The maximum Gasteiger partial charge on any atom is 0.293 e. The average Bonchev–Trinajstić information content (AvgIpc) is 2.91. The lowest BCUT2D eigenvalue weighted by molar-refractivity contribution is -0.384. The number of anilines is 2. The van der Waals surface area contributed by atoms with E-state index >= 15 is 0 Å². The Hall–Kier alpha value is -2.89. The normalized spacial score (nSPS) is 14.6. The van der Waals surface area contributed by atoms with Gasteiger partial charge in [0, 0.05) is 30.4 Å². The minimum absolute atomic E-state index is 0.0115.